The molecule has 1 aromatic carbocycles. The van der Waals surface area contributed by atoms with Crippen molar-refractivity contribution >= 4 is 29.2 Å². The number of nitrogens with two attached hydrogens (primary N) is 1. The van der Waals surface area contributed by atoms with Crippen LogP contribution in [0.15, 0.2) is 12.1 Å². The van der Waals surface area contributed by atoms with Gasteiger partial charge in [0.25, 0.3) is 5.91 Å². The molecule has 4 amide bonds. The minimum Gasteiger partial charge on any atom is -0.454 e. The molecule has 2 fully saturated rings. The smallest absolute Gasteiger partial charge is 0.325 e. The zero-order valence-electron chi connectivity index (χ0n) is 15.0. The van der Waals surface area contributed by atoms with E-state index in [1.807, 2.05) is 6.92 Å². The molecule has 27 heavy (non-hydrogen) atoms. The molecule has 144 valence electrons. The summed E-state index contributed by atoms with van der Waals surface area (Å²) < 4.78 is 10.5. The Morgan fingerprint density at radius 3 is 2.81 bits per heavy atom. The van der Waals surface area contributed by atoms with Crippen molar-refractivity contribution < 1.29 is 23.9 Å². The number of nitrogens with zero attached hydrogens (tertiary/aromatic N) is 1. The number of nitrogens with one attached hydrogen (secondary N) is 2. The summed E-state index contributed by atoms with van der Waals surface area (Å²) in [5.74, 6) is 0.190. The highest BCUT2D eigenvalue weighted by Crippen LogP contribution is 2.39. The number of hydrogen-bond acceptors (Lipinski definition) is 6. The molecule has 4 rings (SSSR count). The molecule has 9 heteroatoms. The van der Waals surface area contributed by atoms with Gasteiger partial charge in [-0.2, -0.15) is 0 Å². The van der Waals surface area contributed by atoms with E-state index < -0.39 is 17.5 Å². The summed E-state index contributed by atoms with van der Waals surface area (Å²) in [5, 5.41) is 5.47. The number of hydrogen-bond donors (Lipinski definition) is 3. The minimum absolute atomic E-state index is 0.0419. The maximum Gasteiger partial charge on any atom is 0.325 e. The van der Waals surface area contributed by atoms with Gasteiger partial charge in [0, 0.05) is 12.1 Å². The predicted octanol–water partition coefficient (Wildman–Crippen LogP) is 1.44. The number of urea groups is 1. The van der Waals surface area contributed by atoms with Crippen molar-refractivity contribution in [3.63, 3.8) is 0 Å². The Kier molecular flexibility index (Phi) is 4.09. The van der Waals surface area contributed by atoms with Crippen LogP contribution in [0.25, 0.3) is 0 Å². The van der Waals surface area contributed by atoms with Gasteiger partial charge in [-0.05, 0) is 18.8 Å². The van der Waals surface area contributed by atoms with Gasteiger partial charge in [-0.15, -0.1) is 0 Å². The molecular weight excluding hydrogens is 352 g/mol. The van der Waals surface area contributed by atoms with E-state index >= 15 is 0 Å². The topological polar surface area (TPSA) is 123 Å². The first-order valence-electron chi connectivity index (χ1n) is 9.04. The van der Waals surface area contributed by atoms with Crippen LogP contribution in [0.1, 0.15) is 32.6 Å². The number of nitrogen functional groups attached to an aromatic ring is 1. The number of benzene rings is 1. The number of amides is 4. The SMILES string of the molecule is CC1CCCCC12NC(=O)N(CC(=O)Nc1cc3c(cc1N)OCO3)C2=O. The summed E-state index contributed by atoms with van der Waals surface area (Å²) in [6.07, 6.45) is 3.39. The average molecular weight is 374 g/mol. The fourth-order valence-electron chi connectivity index (χ4n) is 4.04. The highest BCUT2D eigenvalue weighted by molar-refractivity contribution is 6.10. The Morgan fingerprint density at radius 1 is 1.33 bits per heavy atom. The Labute approximate surface area is 156 Å². The molecule has 2 atom stereocenters. The lowest BCUT2D eigenvalue weighted by Crippen LogP contribution is -2.54. The van der Waals surface area contributed by atoms with Gasteiger partial charge in [0.05, 0.1) is 11.4 Å². The fraction of sp³-hybridized carbons (Fsp3) is 0.500. The van der Waals surface area contributed by atoms with Crippen molar-refractivity contribution in [2.24, 2.45) is 5.92 Å². The van der Waals surface area contributed by atoms with Crippen LogP contribution >= 0.6 is 0 Å². The van der Waals surface area contributed by atoms with E-state index in [0.717, 1.165) is 24.2 Å². The van der Waals surface area contributed by atoms with E-state index in [9.17, 15) is 14.4 Å². The second kappa shape index (κ2) is 6.33. The van der Waals surface area contributed by atoms with Gasteiger partial charge >= 0.3 is 6.03 Å². The molecule has 3 aliphatic rings. The normalized spacial score (nSPS) is 26.4. The Morgan fingerprint density at radius 2 is 2.07 bits per heavy atom. The van der Waals surface area contributed by atoms with Crippen molar-refractivity contribution in [1.82, 2.24) is 10.2 Å². The second-order valence-corrected chi connectivity index (χ2v) is 7.28. The summed E-state index contributed by atoms with van der Waals surface area (Å²) in [5.41, 5.74) is 5.70. The number of anilines is 2. The van der Waals surface area contributed by atoms with E-state index in [0.29, 0.717) is 29.3 Å². The van der Waals surface area contributed by atoms with Crippen LogP contribution in [0.4, 0.5) is 16.2 Å². The minimum atomic E-state index is -0.882. The third-order valence-electron chi connectivity index (χ3n) is 5.62. The highest BCUT2D eigenvalue weighted by Gasteiger charge is 2.55. The van der Waals surface area contributed by atoms with Crippen LogP contribution in [0.5, 0.6) is 11.5 Å². The van der Waals surface area contributed by atoms with E-state index in [1.165, 1.54) is 0 Å². The van der Waals surface area contributed by atoms with Crippen LogP contribution in [-0.4, -0.2) is 41.6 Å². The molecule has 1 aliphatic carbocycles. The number of fused-ring (bicyclic) bond motifs is 1. The zero-order chi connectivity index (χ0) is 19.2. The maximum atomic E-state index is 12.9. The van der Waals surface area contributed by atoms with Gasteiger partial charge < -0.3 is 25.8 Å². The third kappa shape index (κ3) is 2.83. The first kappa shape index (κ1) is 17.4. The van der Waals surface area contributed by atoms with Crippen LogP contribution in [-0.2, 0) is 9.59 Å². The summed E-state index contributed by atoms with van der Waals surface area (Å²) in [4.78, 5) is 38.7. The quantitative estimate of drug-likeness (QED) is 0.543. The summed E-state index contributed by atoms with van der Waals surface area (Å²) in [7, 11) is 0. The van der Waals surface area contributed by atoms with E-state index in [-0.39, 0.29) is 25.2 Å². The first-order valence-corrected chi connectivity index (χ1v) is 9.04. The molecule has 1 saturated heterocycles. The fourth-order valence-corrected chi connectivity index (χ4v) is 4.04. The van der Waals surface area contributed by atoms with Gasteiger partial charge in [0.1, 0.15) is 12.1 Å². The van der Waals surface area contributed by atoms with Crippen molar-refractivity contribution in [2.75, 3.05) is 24.4 Å². The summed E-state index contributed by atoms with van der Waals surface area (Å²) >= 11 is 0. The van der Waals surface area contributed by atoms with E-state index in [1.54, 1.807) is 12.1 Å². The van der Waals surface area contributed by atoms with Crippen LogP contribution < -0.4 is 25.8 Å². The first-order chi connectivity index (χ1) is 12.9. The lowest BCUT2D eigenvalue weighted by atomic mass is 9.73. The molecule has 2 unspecified atom stereocenters. The molecule has 1 aromatic rings. The number of ether oxygens (including phenoxy) is 2. The third-order valence-corrected chi connectivity index (χ3v) is 5.62. The highest BCUT2D eigenvalue weighted by atomic mass is 16.7. The Balaban J connectivity index is 1.47. The molecular formula is C18H22N4O5. The number of rotatable bonds is 3. The lowest BCUT2D eigenvalue weighted by molar-refractivity contribution is -0.136. The standard InChI is InChI=1S/C18H22N4O5/c1-10-4-2-3-5-18(10)16(24)22(17(25)21-18)8-15(23)20-12-7-14-13(6-11(12)19)26-9-27-14/h6-7,10H,2-5,8-9,19H2,1H3,(H,20,23)(H,21,25). The zero-order valence-corrected chi connectivity index (χ0v) is 15.0. The Bertz CT molecular complexity index is 826. The maximum absolute atomic E-state index is 12.9. The Hall–Kier alpha value is -2.97. The van der Waals surface area contributed by atoms with E-state index in [2.05, 4.69) is 10.6 Å². The molecule has 0 aromatic heterocycles. The van der Waals surface area contributed by atoms with Gasteiger partial charge in [0.2, 0.25) is 12.7 Å². The summed E-state index contributed by atoms with van der Waals surface area (Å²) in [6, 6.07) is 2.60. The van der Waals surface area contributed by atoms with Crippen molar-refractivity contribution in [3.8, 4) is 11.5 Å². The predicted molar refractivity (Wildman–Crippen MR) is 96.2 cm³/mol. The van der Waals surface area contributed by atoms with Gasteiger partial charge in [-0.3, -0.25) is 14.5 Å². The monoisotopic (exact) mass is 374 g/mol. The van der Waals surface area contributed by atoms with Gasteiger partial charge in [-0.25, -0.2) is 4.79 Å². The number of imide groups is 1. The van der Waals surface area contributed by atoms with Gasteiger partial charge in [-0.1, -0.05) is 19.8 Å². The largest absolute Gasteiger partial charge is 0.454 e. The molecule has 2 aliphatic heterocycles. The molecule has 4 N–H and O–H groups in total. The molecule has 1 saturated carbocycles. The van der Waals surface area contributed by atoms with Crippen molar-refractivity contribution in [1.29, 1.82) is 0 Å². The van der Waals surface area contributed by atoms with Crippen LogP contribution in [0.2, 0.25) is 0 Å². The molecule has 1 spiro atoms. The number of carbonyl (C=O) groups is 3. The van der Waals surface area contributed by atoms with Gasteiger partial charge in [0.15, 0.2) is 11.5 Å². The van der Waals surface area contributed by atoms with Crippen LogP contribution in [0.3, 0.4) is 0 Å². The lowest BCUT2D eigenvalue weighted by Gasteiger charge is -2.36. The van der Waals surface area contributed by atoms with E-state index in [4.69, 9.17) is 15.2 Å². The second-order valence-electron chi connectivity index (χ2n) is 7.28. The molecule has 9 nitrogen and oxygen atoms in total. The number of carbonyl (C=O) groups excluding carboxylic acids is 3. The van der Waals surface area contributed by atoms with Crippen LogP contribution in [0, 0.1) is 5.92 Å². The molecule has 0 radical (unpaired) electrons. The van der Waals surface area contributed by atoms with Crippen molar-refractivity contribution in [2.45, 2.75) is 38.1 Å². The summed E-state index contributed by atoms with van der Waals surface area (Å²) in [6.45, 7) is 1.69. The average Bonchev–Trinajstić information content (AvgIpc) is 3.16. The molecule has 0 bridgehead atoms. The molecule has 2 heterocycles. The van der Waals surface area contributed by atoms with Crippen molar-refractivity contribution in [3.05, 3.63) is 12.1 Å².